The Balaban J connectivity index is 1.86. The summed E-state index contributed by atoms with van der Waals surface area (Å²) in [5.41, 5.74) is 2.93. The zero-order valence-electron chi connectivity index (χ0n) is 13.3. The van der Waals surface area contributed by atoms with E-state index in [4.69, 9.17) is 4.52 Å². The van der Waals surface area contributed by atoms with Crippen LogP contribution in [0.2, 0.25) is 0 Å². The van der Waals surface area contributed by atoms with E-state index in [-0.39, 0.29) is 17.9 Å². The smallest absolute Gasteiger partial charge is 0.293 e. The van der Waals surface area contributed by atoms with Crippen molar-refractivity contribution in [2.24, 2.45) is 0 Å². The quantitative estimate of drug-likeness (QED) is 0.944. The number of H-pyrrole nitrogens is 1. The lowest BCUT2D eigenvalue weighted by Crippen LogP contribution is -2.38. The summed E-state index contributed by atoms with van der Waals surface area (Å²) < 4.78 is 5.27. The van der Waals surface area contributed by atoms with Crippen molar-refractivity contribution in [3.63, 3.8) is 0 Å². The predicted molar refractivity (Wildman–Crippen MR) is 81.5 cm³/mol. The molecule has 6 nitrogen and oxygen atoms in total. The van der Waals surface area contributed by atoms with E-state index in [9.17, 15) is 4.79 Å². The molecule has 0 saturated carbocycles. The molecule has 1 fully saturated rings. The van der Waals surface area contributed by atoms with Crippen LogP contribution in [0.15, 0.2) is 16.8 Å². The summed E-state index contributed by atoms with van der Waals surface area (Å²) in [5.74, 6) is 0.489. The molecule has 1 unspecified atom stereocenters. The fourth-order valence-corrected chi connectivity index (χ4v) is 2.97. The van der Waals surface area contributed by atoms with Gasteiger partial charge >= 0.3 is 0 Å². The molecular weight excluding hydrogens is 280 g/mol. The van der Waals surface area contributed by atoms with Gasteiger partial charge in [0.25, 0.3) is 5.91 Å². The van der Waals surface area contributed by atoms with Gasteiger partial charge in [0.15, 0.2) is 0 Å². The van der Waals surface area contributed by atoms with Crippen molar-refractivity contribution in [3.05, 3.63) is 35.0 Å². The Morgan fingerprint density at radius 3 is 2.91 bits per heavy atom. The molecule has 1 N–H and O–H groups in total. The van der Waals surface area contributed by atoms with Crippen molar-refractivity contribution in [1.82, 2.24) is 20.3 Å². The zero-order valence-corrected chi connectivity index (χ0v) is 13.3. The third-order valence-corrected chi connectivity index (χ3v) is 4.30. The molecule has 1 amide bonds. The Labute approximate surface area is 129 Å². The first kappa shape index (κ1) is 14.8. The lowest BCUT2D eigenvalue weighted by molar-refractivity contribution is 0.0563. The molecule has 2 aromatic rings. The van der Waals surface area contributed by atoms with Crippen LogP contribution in [0.5, 0.6) is 0 Å². The minimum atomic E-state index is -0.0851. The summed E-state index contributed by atoms with van der Waals surface area (Å²) >= 11 is 0. The number of amides is 1. The summed E-state index contributed by atoms with van der Waals surface area (Å²) in [6, 6.07) is 1.80. The zero-order chi connectivity index (χ0) is 15.7. The first-order valence-electron chi connectivity index (χ1n) is 7.85. The van der Waals surface area contributed by atoms with Crippen molar-refractivity contribution in [2.45, 2.75) is 52.0 Å². The molecule has 2 aromatic heterocycles. The summed E-state index contributed by atoms with van der Waals surface area (Å²) in [6.45, 7) is 6.81. The molecule has 0 aromatic carbocycles. The highest BCUT2D eigenvalue weighted by Gasteiger charge is 2.32. The SMILES string of the molecule is Cc1cn[nH]c1C1CCCCN1C(=O)c1cc(C(C)C)no1. The molecule has 6 heteroatoms. The number of likely N-dealkylation sites (tertiary alicyclic amines) is 1. The van der Waals surface area contributed by atoms with Crippen LogP contribution in [-0.2, 0) is 0 Å². The van der Waals surface area contributed by atoms with Gasteiger partial charge in [-0.15, -0.1) is 0 Å². The molecule has 0 radical (unpaired) electrons. The maximum absolute atomic E-state index is 12.8. The minimum Gasteiger partial charge on any atom is -0.351 e. The molecule has 3 rings (SSSR count). The molecule has 1 atom stereocenters. The third-order valence-electron chi connectivity index (χ3n) is 4.30. The third kappa shape index (κ3) is 2.65. The highest BCUT2D eigenvalue weighted by Crippen LogP contribution is 2.32. The molecule has 0 spiro atoms. The largest absolute Gasteiger partial charge is 0.351 e. The number of nitrogens with one attached hydrogen (secondary N) is 1. The number of hydrogen-bond donors (Lipinski definition) is 1. The van der Waals surface area contributed by atoms with Crippen LogP contribution in [0.4, 0.5) is 0 Å². The van der Waals surface area contributed by atoms with Crippen LogP contribution in [0, 0.1) is 6.92 Å². The average molecular weight is 302 g/mol. The van der Waals surface area contributed by atoms with E-state index >= 15 is 0 Å². The second kappa shape index (κ2) is 5.94. The second-order valence-electron chi connectivity index (χ2n) is 6.25. The summed E-state index contributed by atoms with van der Waals surface area (Å²) in [7, 11) is 0. The number of carbonyl (C=O) groups is 1. The van der Waals surface area contributed by atoms with E-state index in [1.54, 1.807) is 12.3 Å². The summed E-state index contributed by atoms with van der Waals surface area (Å²) in [4.78, 5) is 14.7. The van der Waals surface area contributed by atoms with Crippen molar-refractivity contribution in [2.75, 3.05) is 6.54 Å². The maximum atomic E-state index is 12.8. The van der Waals surface area contributed by atoms with E-state index in [0.717, 1.165) is 42.8 Å². The monoisotopic (exact) mass is 302 g/mol. The van der Waals surface area contributed by atoms with Crippen molar-refractivity contribution >= 4 is 5.91 Å². The summed E-state index contributed by atoms with van der Waals surface area (Å²) in [6.07, 6.45) is 4.87. The number of aryl methyl sites for hydroxylation is 1. The van der Waals surface area contributed by atoms with Crippen LogP contribution in [0.25, 0.3) is 0 Å². The van der Waals surface area contributed by atoms with Gasteiger partial charge in [-0.2, -0.15) is 5.10 Å². The lowest BCUT2D eigenvalue weighted by Gasteiger charge is -2.34. The fraction of sp³-hybridized carbons (Fsp3) is 0.562. The van der Waals surface area contributed by atoms with Gasteiger partial charge in [-0.1, -0.05) is 19.0 Å². The van der Waals surface area contributed by atoms with E-state index in [2.05, 4.69) is 15.4 Å². The van der Waals surface area contributed by atoms with Gasteiger partial charge in [0.05, 0.1) is 23.6 Å². The predicted octanol–water partition coefficient (Wildman–Crippen LogP) is 3.20. The maximum Gasteiger partial charge on any atom is 0.293 e. The van der Waals surface area contributed by atoms with Gasteiger partial charge in [0.2, 0.25) is 5.76 Å². The molecule has 1 aliphatic rings. The Bertz CT molecular complexity index is 659. The molecule has 1 saturated heterocycles. The normalized spacial score (nSPS) is 18.9. The van der Waals surface area contributed by atoms with Crippen LogP contribution in [0.3, 0.4) is 0 Å². The molecule has 22 heavy (non-hydrogen) atoms. The van der Waals surface area contributed by atoms with Gasteiger partial charge < -0.3 is 9.42 Å². The van der Waals surface area contributed by atoms with Gasteiger partial charge in [0.1, 0.15) is 0 Å². The molecule has 0 bridgehead atoms. The lowest BCUT2D eigenvalue weighted by atomic mass is 9.97. The van der Waals surface area contributed by atoms with Crippen molar-refractivity contribution in [1.29, 1.82) is 0 Å². The molecule has 118 valence electrons. The van der Waals surface area contributed by atoms with Gasteiger partial charge in [-0.25, -0.2) is 0 Å². The van der Waals surface area contributed by atoms with Gasteiger partial charge in [-0.05, 0) is 37.7 Å². The average Bonchev–Trinajstić information content (AvgIpc) is 3.15. The van der Waals surface area contributed by atoms with E-state index in [1.807, 2.05) is 25.7 Å². The first-order chi connectivity index (χ1) is 10.6. The number of aromatic nitrogens is 3. The summed E-state index contributed by atoms with van der Waals surface area (Å²) in [5, 5.41) is 11.1. The highest BCUT2D eigenvalue weighted by molar-refractivity contribution is 5.91. The topological polar surface area (TPSA) is 75.0 Å². The molecule has 0 aliphatic carbocycles. The van der Waals surface area contributed by atoms with Gasteiger partial charge in [-0.3, -0.25) is 9.89 Å². The van der Waals surface area contributed by atoms with Crippen LogP contribution in [0.1, 0.15) is 72.6 Å². The van der Waals surface area contributed by atoms with Crippen molar-refractivity contribution < 1.29 is 9.32 Å². The van der Waals surface area contributed by atoms with Crippen molar-refractivity contribution in [3.8, 4) is 0 Å². The van der Waals surface area contributed by atoms with Gasteiger partial charge in [0, 0.05) is 12.6 Å². The second-order valence-corrected chi connectivity index (χ2v) is 6.25. The van der Waals surface area contributed by atoms with Crippen LogP contribution in [-0.4, -0.2) is 32.7 Å². The molecule has 1 aliphatic heterocycles. The number of nitrogens with zero attached hydrogens (tertiary/aromatic N) is 3. The number of aromatic amines is 1. The minimum absolute atomic E-state index is 0.0383. The number of hydrogen-bond acceptors (Lipinski definition) is 4. The standard InChI is InChI=1S/C16H22N4O2/c1-10(2)12-8-14(22-19-12)16(21)20-7-5-4-6-13(20)15-11(3)9-17-18-15/h8-10,13H,4-7H2,1-3H3,(H,17,18). The van der Waals surface area contributed by atoms with Crippen LogP contribution < -0.4 is 0 Å². The first-order valence-corrected chi connectivity index (χ1v) is 7.85. The van der Waals surface area contributed by atoms with E-state index in [1.165, 1.54) is 0 Å². The Hall–Kier alpha value is -2.11. The highest BCUT2D eigenvalue weighted by atomic mass is 16.5. The number of rotatable bonds is 3. The Morgan fingerprint density at radius 2 is 2.27 bits per heavy atom. The Morgan fingerprint density at radius 1 is 1.45 bits per heavy atom. The van der Waals surface area contributed by atoms with E-state index < -0.39 is 0 Å². The fourth-order valence-electron chi connectivity index (χ4n) is 2.97. The number of carbonyl (C=O) groups excluding carboxylic acids is 1. The van der Waals surface area contributed by atoms with Crippen LogP contribution >= 0.6 is 0 Å². The Kier molecular flexibility index (Phi) is 4.00. The van der Waals surface area contributed by atoms with E-state index in [0.29, 0.717) is 5.76 Å². The number of piperidine rings is 1. The molecule has 3 heterocycles. The molecular formula is C16H22N4O2.